The zero-order valence-corrected chi connectivity index (χ0v) is 17.4. The summed E-state index contributed by atoms with van der Waals surface area (Å²) in [6, 6.07) is 19.3. The molecule has 0 aliphatic heterocycles. The number of hydrogen-bond acceptors (Lipinski definition) is 4. The molecule has 6 nitrogen and oxygen atoms in total. The van der Waals surface area contributed by atoms with Gasteiger partial charge in [-0.05, 0) is 55.3 Å². The quantitative estimate of drug-likeness (QED) is 0.573. The largest absolute Gasteiger partial charge is 0.497 e. The predicted octanol–water partition coefficient (Wildman–Crippen LogP) is 4.40. The normalized spacial score (nSPS) is 14.2. The Balaban J connectivity index is 1.62. The lowest BCUT2D eigenvalue weighted by Gasteiger charge is -2.17. The summed E-state index contributed by atoms with van der Waals surface area (Å²) < 4.78 is 13.2. The molecule has 1 amide bonds. The molecule has 0 bridgehead atoms. The highest BCUT2D eigenvalue weighted by atomic mass is 16.5. The molecule has 1 aliphatic carbocycles. The Kier molecular flexibility index (Phi) is 6.02. The van der Waals surface area contributed by atoms with E-state index in [4.69, 9.17) is 14.6 Å². The molecule has 1 atom stereocenters. The number of para-hydroxylation sites is 1. The summed E-state index contributed by atoms with van der Waals surface area (Å²) in [6.45, 7) is 2.16. The summed E-state index contributed by atoms with van der Waals surface area (Å²) >= 11 is 0. The second kappa shape index (κ2) is 9.03. The van der Waals surface area contributed by atoms with Gasteiger partial charge in [0.15, 0.2) is 0 Å². The summed E-state index contributed by atoms with van der Waals surface area (Å²) in [5.74, 6) is 2.06. The van der Waals surface area contributed by atoms with Crippen LogP contribution in [0.15, 0.2) is 60.7 Å². The first-order chi connectivity index (χ1) is 14.7. The maximum Gasteiger partial charge on any atom is 0.220 e. The summed E-state index contributed by atoms with van der Waals surface area (Å²) in [5.41, 5.74) is 2.96. The first-order valence-corrected chi connectivity index (χ1v) is 10.4. The zero-order chi connectivity index (χ0) is 20.9. The number of rotatable bonds is 9. The Morgan fingerprint density at radius 2 is 1.87 bits per heavy atom. The topological polar surface area (TPSA) is 65.4 Å². The lowest BCUT2D eigenvalue weighted by Crippen LogP contribution is -2.32. The van der Waals surface area contributed by atoms with Crippen LogP contribution in [0.4, 0.5) is 0 Å². The molecule has 0 radical (unpaired) electrons. The van der Waals surface area contributed by atoms with Gasteiger partial charge in [-0.2, -0.15) is 5.10 Å². The standard InChI is InChI=1S/C24H27N3O3/c1-3-24(28)25-22(16-30-20-7-5-4-6-8-20)21-15-23(17-9-10-17)27(26-21)18-11-13-19(29-2)14-12-18/h4-8,11-15,17,22H,3,9-10,16H2,1-2H3,(H,25,28). The van der Waals surface area contributed by atoms with Gasteiger partial charge in [-0.25, -0.2) is 4.68 Å². The van der Waals surface area contributed by atoms with Gasteiger partial charge in [0.2, 0.25) is 5.91 Å². The van der Waals surface area contributed by atoms with E-state index >= 15 is 0 Å². The van der Waals surface area contributed by atoms with Crippen LogP contribution in [0.5, 0.6) is 11.5 Å². The van der Waals surface area contributed by atoms with Crippen LogP contribution < -0.4 is 14.8 Å². The van der Waals surface area contributed by atoms with Gasteiger partial charge in [0.05, 0.1) is 18.5 Å². The van der Waals surface area contributed by atoms with Gasteiger partial charge >= 0.3 is 0 Å². The molecular weight excluding hydrogens is 378 g/mol. The average molecular weight is 405 g/mol. The van der Waals surface area contributed by atoms with Crippen LogP contribution in [-0.2, 0) is 4.79 Å². The van der Waals surface area contributed by atoms with Gasteiger partial charge in [0, 0.05) is 18.0 Å². The SMILES string of the molecule is CCC(=O)NC(COc1ccccc1)c1cc(C2CC2)n(-c2ccc(OC)cc2)n1. The summed E-state index contributed by atoms with van der Waals surface area (Å²) in [5, 5.41) is 7.94. The van der Waals surface area contributed by atoms with Crippen molar-refractivity contribution in [3.8, 4) is 17.2 Å². The maximum absolute atomic E-state index is 12.2. The van der Waals surface area contributed by atoms with Crippen LogP contribution in [0.3, 0.4) is 0 Å². The number of nitrogens with zero attached hydrogens (tertiary/aromatic N) is 2. The van der Waals surface area contributed by atoms with Crippen molar-refractivity contribution in [2.45, 2.75) is 38.1 Å². The second-order valence-corrected chi connectivity index (χ2v) is 7.48. The monoisotopic (exact) mass is 405 g/mol. The first-order valence-electron chi connectivity index (χ1n) is 10.4. The van der Waals surface area contributed by atoms with Gasteiger partial charge in [-0.3, -0.25) is 4.79 Å². The van der Waals surface area contributed by atoms with E-state index in [0.29, 0.717) is 18.9 Å². The summed E-state index contributed by atoms with van der Waals surface area (Å²) in [7, 11) is 1.66. The highest BCUT2D eigenvalue weighted by Crippen LogP contribution is 2.41. The lowest BCUT2D eigenvalue weighted by atomic mass is 10.1. The van der Waals surface area contributed by atoms with E-state index in [-0.39, 0.29) is 11.9 Å². The molecule has 156 valence electrons. The van der Waals surface area contributed by atoms with Crippen molar-refractivity contribution in [3.05, 3.63) is 72.1 Å². The number of nitrogens with one attached hydrogen (secondary N) is 1. The van der Waals surface area contributed by atoms with Crippen LogP contribution in [0.1, 0.15) is 49.5 Å². The van der Waals surface area contributed by atoms with E-state index in [1.54, 1.807) is 7.11 Å². The van der Waals surface area contributed by atoms with Crippen molar-refractivity contribution in [3.63, 3.8) is 0 Å². The minimum absolute atomic E-state index is 0.0244. The van der Waals surface area contributed by atoms with Gasteiger partial charge in [0.1, 0.15) is 24.1 Å². The van der Waals surface area contributed by atoms with Gasteiger partial charge in [0.25, 0.3) is 0 Å². The smallest absolute Gasteiger partial charge is 0.220 e. The van der Waals surface area contributed by atoms with Gasteiger partial charge in [-0.1, -0.05) is 25.1 Å². The Morgan fingerprint density at radius 1 is 1.13 bits per heavy atom. The molecule has 6 heteroatoms. The predicted molar refractivity (Wildman–Crippen MR) is 115 cm³/mol. The number of hydrogen-bond donors (Lipinski definition) is 1. The summed E-state index contributed by atoms with van der Waals surface area (Å²) in [4.78, 5) is 12.2. The molecule has 3 aromatic rings. The Bertz CT molecular complexity index is 979. The molecule has 1 saturated carbocycles. The minimum atomic E-state index is -0.324. The van der Waals surface area contributed by atoms with Gasteiger partial charge < -0.3 is 14.8 Å². The molecule has 2 aromatic carbocycles. The highest BCUT2D eigenvalue weighted by Gasteiger charge is 2.30. The number of amides is 1. The fourth-order valence-corrected chi connectivity index (χ4v) is 3.38. The highest BCUT2D eigenvalue weighted by molar-refractivity contribution is 5.76. The fourth-order valence-electron chi connectivity index (χ4n) is 3.38. The second-order valence-electron chi connectivity index (χ2n) is 7.48. The van der Waals surface area contributed by atoms with E-state index in [1.165, 1.54) is 5.69 Å². The van der Waals surface area contributed by atoms with Crippen LogP contribution >= 0.6 is 0 Å². The van der Waals surface area contributed by atoms with E-state index in [2.05, 4.69) is 11.4 Å². The van der Waals surface area contributed by atoms with Gasteiger partial charge in [-0.15, -0.1) is 0 Å². The average Bonchev–Trinajstić information content (AvgIpc) is 3.55. The van der Waals surface area contributed by atoms with Crippen molar-refractivity contribution >= 4 is 5.91 Å². The number of ether oxygens (including phenoxy) is 2. The molecular formula is C24H27N3O3. The number of carbonyl (C=O) groups excluding carboxylic acids is 1. The van der Waals surface area contributed by atoms with Crippen LogP contribution in [0.25, 0.3) is 5.69 Å². The van der Waals surface area contributed by atoms with E-state index < -0.39 is 0 Å². The molecule has 1 aliphatic rings. The third-order valence-electron chi connectivity index (χ3n) is 5.24. The van der Waals surface area contributed by atoms with E-state index in [1.807, 2.05) is 66.2 Å². The molecule has 30 heavy (non-hydrogen) atoms. The molecule has 0 saturated heterocycles. The molecule has 1 heterocycles. The van der Waals surface area contributed by atoms with E-state index in [9.17, 15) is 4.79 Å². The zero-order valence-electron chi connectivity index (χ0n) is 17.4. The van der Waals surface area contributed by atoms with Crippen molar-refractivity contribution in [2.75, 3.05) is 13.7 Å². The van der Waals surface area contributed by atoms with E-state index in [0.717, 1.165) is 35.7 Å². The number of benzene rings is 2. The Morgan fingerprint density at radius 3 is 2.50 bits per heavy atom. The molecule has 1 N–H and O–H groups in total. The van der Waals surface area contributed by atoms with Crippen LogP contribution in [-0.4, -0.2) is 29.4 Å². The van der Waals surface area contributed by atoms with Crippen LogP contribution in [0.2, 0.25) is 0 Å². The number of carbonyl (C=O) groups is 1. The molecule has 1 aromatic heterocycles. The van der Waals surface area contributed by atoms with Crippen molar-refractivity contribution in [1.82, 2.24) is 15.1 Å². The molecule has 4 rings (SSSR count). The first kappa shape index (κ1) is 20.0. The number of aromatic nitrogens is 2. The summed E-state index contributed by atoms with van der Waals surface area (Å²) in [6.07, 6.45) is 2.73. The lowest BCUT2D eigenvalue weighted by molar-refractivity contribution is -0.121. The van der Waals surface area contributed by atoms with Crippen molar-refractivity contribution in [2.24, 2.45) is 0 Å². The maximum atomic E-state index is 12.2. The van der Waals surface area contributed by atoms with Crippen molar-refractivity contribution < 1.29 is 14.3 Å². The van der Waals surface area contributed by atoms with Crippen LogP contribution in [0, 0.1) is 0 Å². The minimum Gasteiger partial charge on any atom is -0.497 e. The third kappa shape index (κ3) is 4.64. The molecule has 1 unspecified atom stereocenters. The Hall–Kier alpha value is -3.28. The third-order valence-corrected chi connectivity index (χ3v) is 5.24. The fraction of sp³-hybridized carbons (Fsp3) is 0.333. The molecule has 0 spiro atoms. The molecule has 1 fully saturated rings. The number of methoxy groups -OCH3 is 1. The van der Waals surface area contributed by atoms with Crippen molar-refractivity contribution in [1.29, 1.82) is 0 Å². The Labute approximate surface area is 176 Å².